The van der Waals surface area contributed by atoms with Crippen LogP contribution in [0.3, 0.4) is 0 Å². The Hall–Kier alpha value is -3.53. The van der Waals surface area contributed by atoms with E-state index in [0.717, 1.165) is 30.0 Å². The number of amides is 1. The average molecular weight is 683 g/mol. The molecule has 0 bridgehead atoms. The van der Waals surface area contributed by atoms with Crippen LogP contribution in [0.25, 0.3) is 0 Å². The number of nitrogens with zero attached hydrogens (tertiary/aromatic N) is 3. The Morgan fingerprint density at radius 1 is 0.915 bits per heavy atom. The lowest BCUT2D eigenvalue weighted by Crippen LogP contribution is -2.50. The van der Waals surface area contributed by atoms with Gasteiger partial charge in [0, 0.05) is 18.5 Å². The third-order valence-corrected chi connectivity index (χ3v) is 7.89. The van der Waals surface area contributed by atoms with E-state index in [9.17, 15) is 44.3 Å². The zero-order chi connectivity index (χ0) is 34.7. The first-order chi connectivity index (χ1) is 22.0. The number of aliphatic imine (C=N–C) groups is 1. The Labute approximate surface area is 265 Å². The molecule has 260 valence electrons. The molecule has 2 aromatic rings. The first kappa shape index (κ1) is 36.3. The maximum Gasteiger partial charge on any atom is 0.416 e. The number of benzene rings is 2. The minimum Gasteiger partial charge on any atom is -0.449 e. The Morgan fingerprint density at radius 2 is 1.55 bits per heavy atom. The van der Waals surface area contributed by atoms with Crippen molar-refractivity contribution in [1.29, 1.82) is 0 Å². The molecular weight excluding hydrogens is 647 g/mol. The van der Waals surface area contributed by atoms with E-state index in [4.69, 9.17) is 9.57 Å². The van der Waals surface area contributed by atoms with Gasteiger partial charge in [-0.25, -0.2) is 9.79 Å². The molecular formula is C31H35F9N4O3. The lowest BCUT2D eigenvalue weighted by molar-refractivity contribution is -0.143. The van der Waals surface area contributed by atoms with Gasteiger partial charge in [0.1, 0.15) is 0 Å². The summed E-state index contributed by atoms with van der Waals surface area (Å²) in [5.41, 5.74) is -4.09. The van der Waals surface area contributed by atoms with Crippen LogP contribution in [0.5, 0.6) is 0 Å². The van der Waals surface area contributed by atoms with Crippen molar-refractivity contribution in [3.63, 3.8) is 0 Å². The van der Waals surface area contributed by atoms with Crippen LogP contribution in [0.1, 0.15) is 93.2 Å². The minimum atomic E-state index is -5.07. The van der Waals surface area contributed by atoms with Gasteiger partial charge in [-0.05, 0) is 73.7 Å². The normalized spacial score (nSPS) is 20.6. The number of carbonyl (C=O) groups is 1. The molecule has 0 radical (unpaired) electrons. The van der Waals surface area contributed by atoms with Crippen LogP contribution in [0.2, 0.25) is 0 Å². The summed E-state index contributed by atoms with van der Waals surface area (Å²) in [6, 6.07) is 2.70. The van der Waals surface area contributed by atoms with Crippen LogP contribution in [0.15, 0.2) is 41.4 Å². The Bertz CT molecular complexity index is 1410. The van der Waals surface area contributed by atoms with Gasteiger partial charge >= 0.3 is 24.6 Å². The van der Waals surface area contributed by atoms with Crippen LogP contribution < -0.4 is 10.2 Å². The molecule has 0 spiro atoms. The molecule has 1 unspecified atom stereocenters. The molecule has 0 fully saturated rings. The summed E-state index contributed by atoms with van der Waals surface area (Å²) < 4.78 is 128. The fourth-order valence-electron chi connectivity index (χ4n) is 5.63. The highest BCUT2D eigenvalue weighted by Crippen LogP contribution is 2.43. The number of alkyl halides is 9. The molecule has 0 saturated heterocycles. The third kappa shape index (κ3) is 8.69. The Balaban J connectivity index is 1.74. The highest BCUT2D eigenvalue weighted by molar-refractivity contribution is 5.90. The van der Waals surface area contributed by atoms with Gasteiger partial charge in [-0.2, -0.15) is 39.5 Å². The molecule has 0 saturated carbocycles. The number of rotatable bonds is 10. The van der Waals surface area contributed by atoms with Gasteiger partial charge in [0.15, 0.2) is 6.29 Å². The SMILES string of the molecule is CCCCCC1=NC(N[C@H]2C[C@@H](CC)N(C(=O)OCC)c3ccc(C(F)(F)F)cc32)N(Cc2cc(C(F)(F)F)cc(C(F)(F)F)c2)O1. The predicted octanol–water partition coefficient (Wildman–Crippen LogP) is 9.23. The monoisotopic (exact) mass is 682 g/mol. The molecule has 2 aliphatic rings. The van der Waals surface area contributed by atoms with Gasteiger partial charge < -0.3 is 9.57 Å². The number of ether oxygens (including phenoxy) is 1. The molecule has 1 N–H and O–H groups in total. The van der Waals surface area contributed by atoms with Gasteiger partial charge in [0.25, 0.3) is 0 Å². The largest absolute Gasteiger partial charge is 0.449 e. The van der Waals surface area contributed by atoms with Crippen LogP contribution in [-0.2, 0) is 34.6 Å². The summed E-state index contributed by atoms with van der Waals surface area (Å²) in [6.07, 6.45) is -13.7. The summed E-state index contributed by atoms with van der Waals surface area (Å²) >= 11 is 0. The first-order valence-corrected chi connectivity index (χ1v) is 15.2. The molecule has 7 nitrogen and oxygen atoms in total. The minimum absolute atomic E-state index is 0.0220. The second-order valence-corrected chi connectivity index (χ2v) is 11.3. The molecule has 3 atom stereocenters. The van der Waals surface area contributed by atoms with E-state index in [-0.39, 0.29) is 41.8 Å². The smallest absolute Gasteiger partial charge is 0.416 e. The van der Waals surface area contributed by atoms with Crippen molar-refractivity contribution in [3.8, 4) is 0 Å². The molecule has 1 amide bonds. The van der Waals surface area contributed by atoms with Crippen LogP contribution >= 0.6 is 0 Å². The van der Waals surface area contributed by atoms with Gasteiger partial charge in [-0.1, -0.05) is 31.8 Å². The first-order valence-electron chi connectivity index (χ1n) is 15.2. The lowest BCUT2D eigenvalue weighted by Gasteiger charge is -2.41. The van der Waals surface area contributed by atoms with Crippen molar-refractivity contribution in [1.82, 2.24) is 10.4 Å². The van der Waals surface area contributed by atoms with E-state index < -0.39 is 66.2 Å². The number of hydrogen-bond acceptors (Lipinski definition) is 6. The predicted molar refractivity (Wildman–Crippen MR) is 154 cm³/mol. The van der Waals surface area contributed by atoms with E-state index in [0.29, 0.717) is 31.4 Å². The van der Waals surface area contributed by atoms with Crippen LogP contribution in [-0.4, -0.2) is 36.0 Å². The molecule has 4 rings (SSSR count). The van der Waals surface area contributed by atoms with E-state index in [2.05, 4.69) is 10.3 Å². The fourth-order valence-corrected chi connectivity index (χ4v) is 5.63. The van der Waals surface area contributed by atoms with Gasteiger partial charge in [0.2, 0.25) is 5.90 Å². The zero-order valence-electron chi connectivity index (χ0n) is 25.8. The second kappa shape index (κ2) is 14.3. The van der Waals surface area contributed by atoms with Crippen molar-refractivity contribution in [2.75, 3.05) is 11.5 Å². The highest BCUT2D eigenvalue weighted by atomic mass is 19.4. The number of carbonyl (C=O) groups excluding carboxylic acids is 1. The second-order valence-electron chi connectivity index (χ2n) is 11.3. The number of hydroxylamine groups is 2. The van der Waals surface area contributed by atoms with Crippen molar-refractivity contribution >= 4 is 17.7 Å². The maximum atomic E-state index is 13.8. The topological polar surface area (TPSA) is 66.4 Å². The summed E-state index contributed by atoms with van der Waals surface area (Å²) in [6.45, 7) is 4.79. The summed E-state index contributed by atoms with van der Waals surface area (Å²) in [5, 5.41) is 4.18. The average Bonchev–Trinajstić information content (AvgIpc) is 3.35. The molecule has 0 aromatic heterocycles. The number of nitrogens with one attached hydrogen (secondary N) is 1. The summed E-state index contributed by atoms with van der Waals surface area (Å²) in [7, 11) is 0. The Kier molecular flexibility index (Phi) is 11.0. The summed E-state index contributed by atoms with van der Waals surface area (Å²) in [4.78, 5) is 24.5. The van der Waals surface area contributed by atoms with Crippen LogP contribution in [0, 0.1) is 0 Å². The molecule has 0 aliphatic carbocycles. The lowest BCUT2D eigenvalue weighted by atomic mass is 9.88. The van der Waals surface area contributed by atoms with Crippen molar-refractivity contribution in [2.45, 2.75) is 103 Å². The van der Waals surface area contributed by atoms with Gasteiger partial charge in [-0.3, -0.25) is 10.2 Å². The Morgan fingerprint density at radius 3 is 2.11 bits per heavy atom. The number of hydrogen-bond donors (Lipinski definition) is 1. The van der Waals surface area contributed by atoms with Gasteiger partial charge in [-0.15, -0.1) is 0 Å². The van der Waals surface area contributed by atoms with E-state index in [1.54, 1.807) is 13.8 Å². The molecule has 47 heavy (non-hydrogen) atoms. The highest BCUT2D eigenvalue weighted by Gasteiger charge is 2.42. The molecule has 2 aromatic carbocycles. The molecule has 2 aliphatic heterocycles. The molecule has 2 heterocycles. The molecule has 16 heteroatoms. The van der Waals surface area contributed by atoms with Crippen molar-refractivity contribution < 1.29 is 53.9 Å². The number of halogens is 9. The van der Waals surface area contributed by atoms with E-state index >= 15 is 0 Å². The van der Waals surface area contributed by atoms with Crippen molar-refractivity contribution in [2.24, 2.45) is 4.99 Å². The number of anilines is 1. The standard InChI is InChI=1S/C31H35F9N4O3/c1-4-7-8-9-26-42-27(43(47-26)17-18-12-20(30(35,36)37)14-21(13-18)31(38,39)40)41-24-16-22(5-2)44(28(45)46-6-3)25-11-10-19(15-23(24)25)29(32,33)34/h10-15,22,24,27,41H,4-9,16-17H2,1-3H3/t22-,24+,27?/m1/s1. The van der Waals surface area contributed by atoms with Crippen LogP contribution in [0.4, 0.5) is 50.0 Å². The third-order valence-electron chi connectivity index (χ3n) is 7.89. The van der Waals surface area contributed by atoms with E-state index in [1.807, 2.05) is 6.92 Å². The zero-order valence-corrected chi connectivity index (χ0v) is 25.8. The number of fused-ring (bicyclic) bond motifs is 1. The summed E-state index contributed by atoms with van der Waals surface area (Å²) in [5.74, 6) is 0.166. The number of unbranched alkanes of at least 4 members (excludes halogenated alkanes) is 2. The van der Waals surface area contributed by atoms with Gasteiger partial charge in [0.05, 0.1) is 35.5 Å². The van der Waals surface area contributed by atoms with E-state index in [1.165, 1.54) is 11.0 Å². The van der Waals surface area contributed by atoms with Crippen molar-refractivity contribution in [3.05, 3.63) is 64.2 Å². The fraction of sp³-hybridized carbons (Fsp3) is 0.548. The quantitative estimate of drug-likeness (QED) is 0.200. The maximum absolute atomic E-state index is 13.8.